The normalized spacial score (nSPS) is 10.5. The molecule has 6 heteroatoms. The first-order chi connectivity index (χ1) is 8.09. The monoisotopic (exact) mass is 318 g/mol. The third-order valence-electron chi connectivity index (χ3n) is 2.24. The number of hydrogen-bond donors (Lipinski definition) is 2. The van der Waals surface area contributed by atoms with Crippen molar-refractivity contribution in [3.8, 4) is 0 Å². The Morgan fingerprint density at radius 1 is 1.29 bits per heavy atom. The predicted molar refractivity (Wildman–Crippen MR) is 70.1 cm³/mol. The van der Waals surface area contributed by atoms with E-state index < -0.39 is 11.6 Å². The highest BCUT2D eigenvalue weighted by Crippen LogP contribution is 2.28. The minimum absolute atomic E-state index is 0.00491. The molecule has 1 heterocycles. The van der Waals surface area contributed by atoms with Gasteiger partial charge in [0.05, 0.1) is 17.9 Å². The molecular weight excluding hydrogens is 310 g/mol. The SMILES string of the molecule is Nc1ccc(F)c(F)c1NCc1sccc1Br. The minimum atomic E-state index is -0.947. The fourth-order valence-corrected chi connectivity index (χ4v) is 2.80. The molecule has 0 spiro atoms. The van der Waals surface area contributed by atoms with E-state index in [1.165, 1.54) is 17.4 Å². The van der Waals surface area contributed by atoms with Crippen LogP contribution < -0.4 is 11.1 Å². The molecule has 0 bridgehead atoms. The zero-order valence-corrected chi connectivity index (χ0v) is 11.0. The van der Waals surface area contributed by atoms with Crippen LogP contribution in [-0.4, -0.2) is 0 Å². The molecule has 90 valence electrons. The largest absolute Gasteiger partial charge is 0.397 e. The Hall–Kier alpha value is -1.14. The molecule has 0 radical (unpaired) electrons. The number of benzene rings is 1. The Morgan fingerprint density at radius 2 is 2.06 bits per heavy atom. The minimum Gasteiger partial charge on any atom is -0.397 e. The van der Waals surface area contributed by atoms with Crippen LogP contribution in [0.25, 0.3) is 0 Å². The van der Waals surface area contributed by atoms with Crippen molar-refractivity contribution in [3.05, 3.63) is 44.6 Å². The molecule has 0 aliphatic rings. The molecule has 0 aliphatic heterocycles. The molecule has 2 nitrogen and oxygen atoms in total. The van der Waals surface area contributed by atoms with Crippen molar-refractivity contribution < 1.29 is 8.78 Å². The molecule has 0 fully saturated rings. The maximum atomic E-state index is 13.5. The predicted octanol–water partition coefficient (Wildman–Crippen LogP) is 3.98. The van der Waals surface area contributed by atoms with Gasteiger partial charge in [0.2, 0.25) is 0 Å². The molecule has 0 saturated carbocycles. The van der Waals surface area contributed by atoms with Gasteiger partial charge in [-0.15, -0.1) is 11.3 Å². The van der Waals surface area contributed by atoms with Crippen molar-refractivity contribution in [1.29, 1.82) is 0 Å². The van der Waals surface area contributed by atoms with E-state index in [4.69, 9.17) is 5.73 Å². The van der Waals surface area contributed by atoms with Crippen LogP contribution in [0.5, 0.6) is 0 Å². The quantitative estimate of drug-likeness (QED) is 0.840. The summed E-state index contributed by atoms with van der Waals surface area (Å²) in [5, 5.41) is 4.71. The van der Waals surface area contributed by atoms with Crippen LogP contribution in [0.15, 0.2) is 28.1 Å². The van der Waals surface area contributed by atoms with Gasteiger partial charge >= 0.3 is 0 Å². The second-order valence-corrected chi connectivity index (χ2v) is 5.23. The highest BCUT2D eigenvalue weighted by atomic mass is 79.9. The van der Waals surface area contributed by atoms with Crippen LogP contribution in [0.1, 0.15) is 4.88 Å². The first-order valence-electron chi connectivity index (χ1n) is 4.79. The first kappa shape index (κ1) is 12.3. The molecule has 1 aromatic heterocycles. The zero-order valence-electron chi connectivity index (χ0n) is 8.64. The lowest BCUT2D eigenvalue weighted by Crippen LogP contribution is -2.05. The average Bonchev–Trinajstić information content (AvgIpc) is 2.70. The fourth-order valence-electron chi connectivity index (χ4n) is 1.37. The van der Waals surface area contributed by atoms with Crippen molar-refractivity contribution in [2.24, 2.45) is 0 Å². The first-order valence-corrected chi connectivity index (χ1v) is 6.46. The number of rotatable bonds is 3. The molecule has 3 N–H and O–H groups in total. The Morgan fingerprint density at radius 3 is 2.71 bits per heavy atom. The summed E-state index contributed by atoms with van der Waals surface area (Å²) < 4.78 is 27.4. The molecular formula is C11H9BrF2N2S. The summed E-state index contributed by atoms with van der Waals surface area (Å²) in [5.74, 6) is -1.86. The number of halogens is 3. The Balaban J connectivity index is 2.20. The highest BCUT2D eigenvalue weighted by molar-refractivity contribution is 9.10. The fraction of sp³-hybridized carbons (Fsp3) is 0.0909. The van der Waals surface area contributed by atoms with Crippen molar-refractivity contribution in [3.63, 3.8) is 0 Å². The van der Waals surface area contributed by atoms with E-state index in [0.717, 1.165) is 15.4 Å². The van der Waals surface area contributed by atoms with E-state index >= 15 is 0 Å². The Bertz CT molecular complexity index is 542. The van der Waals surface area contributed by atoms with Gasteiger partial charge in [0.25, 0.3) is 0 Å². The standard InChI is InChI=1S/C11H9BrF2N2S/c12-6-3-4-17-9(6)5-16-11-8(15)2-1-7(13)10(11)14/h1-4,16H,5,15H2. The topological polar surface area (TPSA) is 38.0 Å². The molecule has 2 aromatic rings. The Labute approximate surface area is 110 Å². The molecule has 0 unspecified atom stereocenters. The maximum absolute atomic E-state index is 13.5. The second-order valence-electron chi connectivity index (χ2n) is 3.37. The van der Waals surface area contributed by atoms with Crippen LogP contribution in [0, 0.1) is 11.6 Å². The molecule has 0 saturated heterocycles. The van der Waals surface area contributed by atoms with Crippen molar-refractivity contribution >= 4 is 38.6 Å². The van der Waals surface area contributed by atoms with Crippen LogP contribution in [0.3, 0.4) is 0 Å². The number of nitrogen functional groups attached to an aromatic ring is 1. The molecule has 2 rings (SSSR count). The van der Waals surface area contributed by atoms with E-state index in [1.807, 2.05) is 11.4 Å². The van der Waals surface area contributed by atoms with Crippen molar-refractivity contribution in [1.82, 2.24) is 0 Å². The van der Waals surface area contributed by atoms with Crippen molar-refractivity contribution in [2.75, 3.05) is 11.1 Å². The number of nitrogens with two attached hydrogens (primary N) is 1. The molecule has 0 atom stereocenters. The Kier molecular flexibility index (Phi) is 3.63. The van der Waals surface area contributed by atoms with Crippen LogP contribution in [0.2, 0.25) is 0 Å². The zero-order chi connectivity index (χ0) is 12.4. The van der Waals surface area contributed by atoms with E-state index in [-0.39, 0.29) is 11.4 Å². The van der Waals surface area contributed by atoms with Crippen LogP contribution >= 0.6 is 27.3 Å². The van der Waals surface area contributed by atoms with Gasteiger partial charge in [0.15, 0.2) is 11.6 Å². The lowest BCUT2D eigenvalue weighted by Gasteiger charge is -2.10. The van der Waals surface area contributed by atoms with Gasteiger partial charge in [0.1, 0.15) is 0 Å². The van der Waals surface area contributed by atoms with Gasteiger partial charge in [0, 0.05) is 9.35 Å². The van der Waals surface area contributed by atoms with Crippen LogP contribution in [0.4, 0.5) is 20.2 Å². The van der Waals surface area contributed by atoms with Gasteiger partial charge in [-0.3, -0.25) is 0 Å². The number of anilines is 2. The van der Waals surface area contributed by atoms with Gasteiger partial charge in [-0.2, -0.15) is 0 Å². The highest BCUT2D eigenvalue weighted by Gasteiger charge is 2.12. The average molecular weight is 319 g/mol. The molecule has 1 aromatic carbocycles. The van der Waals surface area contributed by atoms with Crippen LogP contribution in [-0.2, 0) is 6.54 Å². The van der Waals surface area contributed by atoms with Gasteiger partial charge in [-0.1, -0.05) is 0 Å². The number of thiophene rings is 1. The van der Waals surface area contributed by atoms with E-state index in [1.54, 1.807) is 0 Å². The molecule has 0 amide bonds. The van der Waals surface area contributed by atoms with Gasteiger partial charge in [-0.25, -0.2) is 8.78 Å². The lowest BCUT2D eigenvalue weighted by molar-refractivity contribution is 0.511. The van der Waals surface area contributed by atoms with Gasteiger partial charge < -0.3 is 11.1 Å². The van der Waals surface area contributed by atoms with Gasteiger partial charge in [-0.05, 0) is 39.5 Å². The summed E-state index contributed by atoms with van der Waals surface area (Å²) in [5.41, 5.74) is 5.79. The second kappa shape index (κ2) is 5.01. The summed E-state index contributed by atoms with van der Waals surface area (Å²) >= 11 is 4.88. The summed E-state index contributed by atoms with van der Waals surface area (Å²) in [6.07, 6.45) is 0. The maximum Gasteiger partial charge on any atom is 0.183 e. The number of hydrogen-bond acceptors (Lipinski definition) is 3. The lowest BCUT2D eigenvalue weighted by atomic mass is 10.2. The van der Waals surface area contributed by atoms with E-state index in [2.05, 4.69) is 21.2 Å². The van der Waals surface area contributed by atoms with E-state index in [9.17, 15) is 8.78 Å². The third-order valence-corrected chi connectivity index (χ3v) is 4.17. The summed E-state index contributed by atoms with van der Waals surface area (Å²) in [7, 11) is 0. The smallest absolute Gasteiger partial charge is 0.183 e. The summed E-state index contributed by atoms with van der Waals surface area (Å²) in [6, 6.07) is 4.24. The number of nitrogens with one attached hydrogen (secondary N) is 1. The van der Waals surface area contributed by atoms with Crippen molar-refractivity contribution in [2.45, 2.75) is 6.54 Å². The third kappa shape index (κ3) is 2.58. The van der Waals surface area contributed by atoms with E-state index in [0.29, 0.717) is 6.54 Å². The summed E-state index contributed by atoms with van der Waals surface area (Å²) in [6.45, 7) is 0.392. The molecule has 0 aliphatic carbocycles. The summed E-state index contributed by atoms with van der Waals surface area (Å²) in [4.78, 5) is 0.994. The molecule has 17 heavy (non-hydrogen) atoms.